The molecule has 0 fully saturated rings. The maximum atomic E-state index is 12.2. The summed E-state index contributed by atoms with van der Waals surface area (Å²) in [5.41, 5.74) is 0. The standard InChI is InChI=1S/C31H57N3O8/c1-3-4-5-6-7-8-9-10-11-12-13-14-15-16-28(36)32-20-19-30(38)34-27(31(39)40)17-18-29(37)33-21-22-41-23-24-42-25-26(2)35/h27H,3-25H2,1-2H3,(H,32,36)(H,33,37)(H,34,38)(H,39,40)/t27-/m0/s1. The van der Waals surface area contributed by atoms with Gasteiger partial charge in [-0.3, -0.25) is 19.2 Å². The normalized spacial score (nSPS) is 11.6. The minimum Gasteiger partial charge on any atom is -0.480 e. The van der Waals surface area contributed by atoms with Crippen molar-refractivity contribution in [2.45, 2.75) is 129 Å². The highest BCUT2D eigenvalue weighted by Crippen LogP contribution is 2.13. The molecule has 0 unspecified atom stereocenters. The van der Waals surface area contributed by atoms with Crippen LogP contribution < -0.4 is 16.0 Å². The number of unbranched alkanes of at least 4 members (excludes halogenated alkanes) is 12. The van der Waals surface area contributed by atoms with Gasteiger partial charge in [-0.2, -0.15) is 0 Å². The Labute approximate surface area is 252 Å². The maximum absolute atomic E-state index is 12.2. The van der Waals surface area contributed by atoms with Crippen molar-refractivity contribution < 1.29 is 38.6 Å². The average molecular weight is 600 g/mol. The topological polar surface area (TPSA) is 160 Å². The molecule has 244 valence electrons. The van der Waals surface area contributed by atoms with Crippen LogP contribution in [0.25, 0.3) is 0 Å². The fraction of sp³-hybridized carbons (Fsp3) is 0.839. The summed E-state index contributed by atoms with van der Waals surface area (Å²) in [6, 6.07) is -1.19. The number of carbonyl (C=O) groups excluding carboxylic acids is 4. The number of hydrogen-bond donors (Lipinski definition) is 4. The summed E-state index contributed by atoms with van der Waals surface area (Å²) in [4.78, 5) is 58.4. The number of hydrogen-bond acceptors (Lipinski definition) is 7. The molecule has 0 radical (unpaired) electrons. The van der Waals surface area contributed by atoms with Gasteiger partial charge in [-0.15, -0.1) is 0 Å². The zero-order valence-electron chi connectivity index (χ0n) is 26.1. The minimum atomic E-state index is -1.23. The third kappa shape index (κ3) is 27.6. The van der Waals surface area contributed by atoms with E-state index >= 15 is 0 Å². The molecule has 3 amide bonds. The Morgan fingerprint density at radius 3 is 1.71 bits per heavy atom. The number of amides is 3. The number of carboxylic acids is 1. The summed E-state index contributed by atoms with van der Waals surface area (Å²) in [5.74, 6) is -2.25. The number of ether oxygens (including phenoxy) is 2. The summed E-state index contributed by atoms with van der Waals surface area (Å²) in [6.07, 6.45) is 16.4. The van der Waals surface area contributed by atoms with Crippen LogP contribution in [0.3, 0.4) is 0 Å². The molecule has 11 nitrogen and oxygen atoms in total. The zero-order chi connectivity index (χ0) is 31.3. The Balaban J connectivity index is 3.77. The highest BCUT2D eigenvalue weighted by molar-refractivity contribution is 5.85. The fourth-order valence-electron chi connectivity index (χ4n) is 4.29. The van der Waals surface area contributed by atoms with Gasteiger partial charge in [-0.25, -0.2) is 4.79 Å². The SMILES string of the molecule is CCCCCCCCCCCCCCCC(=O)NCCC(=O)N[C@@H](CCC(=O)NCCOCCOCC(C)=O)C(=O)O. The Morgan fingerprint density at radius 2 is 1.14 bits per heavy atom. The molecular weight excluding hydrogens is 542 g/mol. The molecule has 0 saturated heterocycles. The summed E-state index contributed by atoms with van der Waals surface area (Å²) >= 11 is 0. The molecule has 0 aromatic heterocycles. The average Bonchev–Trinajstić information content (AvgIpc) is 2.94. The van der Waals surface area contributed by atoms with Gasteiger partial charge < -0.3 is 30.5 Å². The van der Waals surface area contributed by atoms with E-state index in [2.05, 4.69) is 22.9 Å². The van der Waals surface area contributed by atoms with Crippen molar-refractivity contribution in [3.8, 4) is 0 Å². The number of ketones is 1. The van der Waals surface area contributed by atoms with E-state index in [0.29, 0.717) is 6.42 Å². The van der Waals surface area contributed by atoms with E-state index in [1.807, 2.05) is 0 Å². The summed E-state index contributed by atoms with van der Waals surface area (Å²) in [7, 11) is 0. The Hall–Kier alpha value is -2.53. The lowest BCUT2D eigenvalue weighted by atomic mass is 10.0. The quantitative estimate of drug-likeness (QED) is 0.0899. The smallest absolute Gasteiger partial charge is 0.326 e. The van der Waals surface area contributed by atoms with Crippen molar-refractivity contribution in [3.63, 3.8) is 0 Å². The van der Waals surface area contributed by atoms with Gasteiger partial charge in [-0.05, 0) is 19.8 Å². The number of aliphatic carboxylic acids is 1. The minimum absolute atomic E-state index is 0.0339. The van der Waals surface area contributed by atoms with Crippen LogP contribution in [0.5, 0.6) is 0 Å². The predicted octanol–water partition coefficient (Wildman–Crippen LogP) is 4.06. The van der Waals surface area contributed by atoms with Crippen molar-refractivity contribution in [3.05, 3.63) is 0 Å². The van der Waals surface area contributed by atoms with Crippen LogP contribution in [0.4, 0.5) is 0 Å². The molecule has 11 heteroatoms. The van der Waals surface area contributed by atoms with Gasteiger partial charge in [0, 0.05) is 32.4 Å². The molecule has 0 spiro atoms. The zero-order valence-corrected chi connectivity index (χ0v) is 26.1. The summed E-state index contributed by atoms with van der Waals surface area (Å²) < 4.78 is 10.3. The molecule has 0 saturated carbocycles. The van der Waals surface area contributed by atoms with Crippen LogP contribution >= 0.6 is 0 Å². The first-order chi connectivity index (χ1) is 20.3. The molecule has 0 rings (SSSR count). The van der Waals surface area contributed by atoms with Gasteiger partial charge in [0.1, 0.15) is 12.6 Å². The van der Waals surface area contributed by atoms with Crippen LogP contribution in [-0.2, 0) is 33.4 Å². The van der Waals surface area contributed by atoms with Crippen LogP contribution in [0.1, 0.15) is 123 Å². The lowest BCUT2D eigenvalue weighted by Gasteiger charge is -2.15. The maximum Gasteiger partial charge on any atom is 0.326 e. The van der Waals surface area contributed by atoms with E-state index in [9.17, 15) is 29.1 Å². The van der Waals surface area contributed by atoms with E-state index < -0.39 is 17.9 Å². The van der Waals surface area contributed by atoms with Crippen LogP contribution in [0, 0.1) is 0 Å². The predicted molar refractivity (Wildman–Crippen MR) is 162 cm³/mol. The van der Waals surface area contributed by atoms with Crippen LogP contribution in [-0.4, -0.2) is 80.1 Å². The third-order valence-electron chi connectivity index (χ3n) is 6.72. The lowest BCUT2D eigenvalue weighted by molar-refractivity contribution is -0.142. The van der Waals surface area contributed by atoms with Gasteiger partial charge >= 0.3 is 5.97 Å². The van der Waals surface area contributed by atoms with Gasteiger partial charge in [-0.1, -0.05) is 84.0 Å². The molecule has 4 N–H and O–H groups in total. The number of carbonyl (C=O) groups is 5. The largest absolute Gasteiger partial charge is 0.480 e. The second-order valence-corrected chi connectivity index (χ2v) is 10.8. The van der Waals surface area contributed by atoms with Crippen molar-refractivity contribution in [2.24, 2.45) is 0 Å². The molecule has 0 aliphatic rings. The number of carboxylic acid groups (broad SMARTS) is 1. The third-order valence-corrected chi connectivity index (χ3v) is 6.72. The second kappa shape index (κ2) is 28.6. The van der Waals surface area contributed by atoms with E-state index in [1.165, 1.54) is 71.1 Å². The summed E-state index contributed by atoms with van der Waals surface area (Å²) in [5, 5.41) is 17.1. The number of nitrogens with one attached hydrogen (secondary N) is 3. The van der Waals surface area contributed by atoms with E-state index in [4.69, 9.17) is 9.47 Å². The van der Waals surface area contributed by atoms with Gasteiger partial charge in [0.2, 0.25) is 17.7 Å². The van der Waals surface area contributed by atoms with E-state index in [1.54, 1.807) is 0 Å². The number of rotatable bonds is 30. The highest BCUT2D eigenvalue weighted by atomic mass is 16.5. The molecule has 1 atom stereocenters. The van der Waals surface area contributed by atoms with Crippen molar-refractivity contribution in [1.82, 2.24) is 16.0 Å². The van der Waals surface area contributed by atoms with Crippen LogP contribution in [0.2, 0.25) is 0 Å². The van der Waals surface area contributed by atoms with Gasteiger partial charge in [0.05, 0.1) is 19.8 Å². The number of Topliss-reactive ketones (excluding diaryl/α,β-unsaturated/α-hetero) is 1. The first-order valence-corrected chi connectivity index (χ1v) is 16.0. The lowest BCUT2D eigenvalue weighted by Crippen LogP contribution is -2.42. The molecule has 0 aromatic carbocycles. The first-order valence-electron chi connectivity index (χ1n) is 16.0. The van der Waals surface area contributed by atoms with Crippen molar-refractivity contribution in [2.75, 3.05) is 39.5 Å². The van der Waals surface area contributed by atoms with E-state index in [-0.39, 0.29) is 76.4 Å². The molecule has 0 aromatic rings. The summed E-state index contributed by atoms with van der Waals surface area (Å²) in [6.45, 7) is 4.90. The first kappa shape index (κ1) is 39.5. The molecular formula is C31H57N3O8. The monoisotopic (exact) mass is 599 g/mol. The Kier molecular flexibility index (Phi) is 26.9. The Morgan fingerprint density at radius 1 is 0.619 bits per heavy atom. The van der Waals surface area contributed by atoms with Crippen molar-refractivity contribution in [1.29, 1.82) is 0 Å². The van der Waals surface area contributed by atoms with Crippen molar-refractivity contribution >= 4 is 29.5 Å². The molecule has 42 heavy (non-hydrogen) atoms. The molecule has 0 bridgehead atoms. The van der Waals surface area contributed by atoms with Gasteiger partial charge in [0.15, 0.2) is 5.78 Å². The molecule has 0 aliphatic carbocycles. The van der Waals surface area contributed by atoms with Crippen LogP contribution in [0.15, 0.2) is 0 Å². The fourth-order valence-corrected chi connectivity index (χ4v) is 4.29. The highest BCUT2D eigenvalue weighted by Gasteiger charge is 2.21. The molecule has 0 aliphatic heterocycles. The molecule has 0 heterocycles. The van der Waals surface area contributed by atoms with E-state index in [0.717, 1.165) is 19.3 Å². The second-order valence-electron chi connectivity index (χ2n) is 10.8. The van der Waals surface area contributed by atoms with Gasteiger partial charge in [0.25, 0.3) is 0 Å². The Bertz CT molecular complexity index is 748.